The highest BCUT2D eigenvalue weighted by Gasteiger charge is 2.12. The molecular formula is C10H21N3O. The molecule has 14 heavy (non-hydrogen) atoms. The molecule has 1 aliphatic heterocycles. The van der Waals surface area contributed by atoms with Crippen LogP contribution in [-0.2, 0) is 4.79 Å². The fourth-order valence-corrected chi connectivity index (χ4v) is 1.63. The molecule has 0 radical (unpaired) electrons. The molecule has 0 aromatic heterocycles. The number of hydrogen-bond donors (Lipinski definition) is 2. The summed E-state index contributed by atoms with van der Waals surface area (Å²) in [5.41, 5.74) is 0. The standard InChI is InChI=1S/C10H21N3O/c1-13(2)10(14)5-8-12-9-3-6-11-7-4-9/h9,11-12H,3-8H2,1-2H3. The lowest BCUT2D eigenvalue weighted by atomic mass is 10.1. The number of carbonyl (C=O) groups is 1. The van der Waals surface area contributed by atoms with Gasteiger partial charge >= 0.3 is 0 Å². The lowest BCUT2D eigenvalue weighted by molar-refractivity contribution is -0.128. The summed E-state index contributed by atoms with van der Waals surface area (Å²) in [6.07, 6.45) is 2.96. The number of carbonyl (C=O) groups excluding carboxylic acids is 1. The van der Waals surface area contributed by atoms with Gasteiger partial charge in [-0.2, -0.15) is 0 Å². The van der Waals surface area contributed by atoms with Gasteiger partial charge in [0.25, 0.3) is 0 Å². The third-order valence-corrected chi connectivity index (χ3v) is 2.61. The van der Waals surface area contributed by atoms with Crippen molar-refractivity contribution in [2.24, 2.45) is 0 Å². The van der Waals surface area contributed by atoms with Gasteiger partial charge in [0.2, 0.25) is 5.91 Å². The van der Waals surface area contributed by atoms with Gasteiger partial charge in [-0.15, -0.1) is 0 Å². The van der Waals surface area contributed by atoms with E-state index in [0.717, 1.165) is 19.6 Å². The summed E-state index contributed by atoms with van der Waals surface area (Å²) in [7, 11) is 3.60. The van der Waals surface area contributed by atoms with Crippen LogP contribution in [0.15, 0.2) is 0 Å². The smallest absolute Gasteiger partial charge is 0.223 e. The average Bonchev–Trinajstić information content (AvgIpc) is 2.19. The average molecular weight is 199 g/mol. The first-order valence-corrected chi connectivity index (χ1v) is 5.34. The van der Waals surface area contributed by atoms with E-state index in [9.17, 15) is 4.79 Å². The summed E-state index contributed by atoms with van der Waals surface area (Å²) in [6, 6.07) is 0.603. The Morgan fingerprint density at radius 1 is 1.43 bits per heavy atom. The van der Waals surface area contributed by atoms with Crippen LogP contribution in [0.2, 0.25) is 0 Å². The van der Waals surface area contributed by atoms with Crippen LogP contribution < -0.4 is 10.6 Å². The van der Waals surface area contributed by atoms with Gasteiger partial charge in [0.15, 0.2) is 0 Å². The minimum Gasteiger partial charge on any atom is -0.349 e. The molecule has 1 saturated heterocycles. The van der Waals surface area contributed by atoms with Gasteiger partial charge < -0.3 is 15.5 Å². The molecule has 0 aliphatic carbocycles. The van der Waals surface area contributed by atoms with E-state index in [2.05, 4.69) is 10.6 Å². The summed E-state index contributed by atoms with van der Waals surface area (Å²) in [5, 5.41) is 6.74. The van der Waals surface area contributed by atoms with Crippen LogP contribution in [-0.4, -0.2) is 50.6 Å². The van der Waals surface area contributed by atoms with Gasteiger partial charge in [-0.3, -0.25) is 4.79 Å². The molecule has 1 heterocycles. The Morgan fingerprint density at radius 2 is 2.07 bits per heavy atom. The maximum absolute atomic E-state index is 11.3. The van der Waals surface area contributed by atoms with Crippen LogP contribution in [0.25, 0.3) is 0 Å². The van der Waals surface area contributed by atoms with E-state index >= 15 is 0 Å². The molecular weight excluding hydrogens is 178 g/mol. The zero-order valence-corrected chi connectivity index (χ0v) is 9.18. The SMILES string of the molecule is CN(C)C(=O)CCNC1CCNCC1. The van der Waals surface area contributed by atoms with Crippen molar-refractivity contribution in [1.82, 2.24) is 15.5 Å². The van der Waals surface area contributed by atoms with Crippen LogP contribution in [0, 0.1) is 0 Å². The number of nitrogens with zero attached hydrogens (tertiary/aromatic N) is 1. The fourth-order valence-electron chi connectivity index (χ4n) is 1.63. The Labute approximate surface area is 86.0 Å². The van der Waals surface area contributed by atoms with Gasteiger partial charge in [-0.1, -0.05) is 0 Å². The molecule has 82 valence electrons. The van der Waals surface area contributed by atoms with Gasteiger partial charge in [0.1, 0.15) is 0 Å². The van der Waals surface area contributed by atoms with Crippen LogP contribution >= 0.6 is 0 Å². The summed E-state index contributed by atoms with van der Waals surface area (Å²) in [4.78, 5) is 12.9. The third kappa shape index (κ3) is 4.07. The Morgan fingerprint density at radius 3 is 2.64 bits per heavy atom. The van der Waals surface area contributed by atoms with Crippen molar-refractivity contribution < 1.29 is 4.79 Å². The third-order valence-electron chi connectivity index (χ3n) is 2.61. The van der Waals surface area contributed by atoms with Gasteiger partial charge in [-0.25, -0.2) is 0 Å². The van der Waals surface area contributed by atoms with Crippen molar-refractivity contribution >= 4 is 5.91 Å². The van der Waals surface area contributed by atoms with Crippen molar-refractivity contribution in [1.29, 1.82) is 0 Å². The van der Waals surface area contributed by atoms with E-state index < -0.39 is 0 Å². The highest BCUT2D eigenvalue weighted by molar-refractivity contribution is 5.75. The monoisotopic (exact) mass is 199 g/mol. The van der Waals surface area contributed by atoms with Gasteiger partial charge in [0.05, 0.1) is 0 Å². The zero-order chi connectivity index (χ0) is 10.4. The number of piperidine rings is 1. The van der Waals surface area contributed by atoms with E-state index in [4.69, 9.17) is 0 Å². The lowest BCUT2D eigenvalue weighted by Gasteiger charge is -2.23. The summed E-state index contributed by atoms with van der Waals surface area (Å²) >= 11 is 0. The molecule has 0 saturated carbocycles. The quantitative estimate of drug-likeness (QED) is 0.659. The van der Waals surface area contributed by atoms with Crippen LogP contribution in [0.1, 0.15) is 19.3 Å². The highest BCUT2D eigenvalue weighted by Crippen LogP contribution is 2.01. The molecule has 1 fully saturated rings. The molecule has 1 rings (SSSR count). The Bertz CT molecular complexity index is 176. The van der Waals surface area contributed by atoms with E-state index in [-0.39, 0.29) is 5.91 Å². The second-order valence-corrected chi connectivity index (χ2v) is 4.02. The maximum atomic E-state index is 11.3. The summed E-state index contributed by atoms with van der Waals surface area (Å²) < 4.78 is 0. The first-order chi connectivity index (χ1) is 6.70. The number of amides is 1. The molecule has 4 heteroatoms. The van der Waals surface area contributed by atoms with E-state index in [1.54, 1.807) is 19.0 Å². The minimum atomic E-state index is 0.200. The normalized spacial score (nSPS) is 18.1. The molecule has 4 nitrogen and oxygen atoms in total. The highest BCUT2D eigenvalue weighted by atomic mass is 16.2. The van der Waals surface area contributed by atoms with Crippen LogP contribution in [0.3, 0.4) is 0 Å². The Hall–Kier alpha value is -0.610. The Kier molecular flexibility index (Phi) is 4.90. The molecule has 0 unspecified atom stereocenters. The van der Waals surface area contributed by atoms with Crippen LogP contribution in [0.5, 0.6) is 0 Å². The number of rotatable bonds is 4. The van der Waals surface area contributed by atoms with Crippen molar-refractivity contribution in [2.75, 3.05) is 33.7 Å². The largest absolute Gasteiger partial charge is 0.349 e. The summed E-state index contributed by atoms with van der Waals surface area (Å²) in [5.74, 6) is 0.200. The van der Waals surface area contributed by atoms with E-state index in [0.29, 0.717) is 12.5 Å². The molecule has 0 bridgehead atoms. The molecule has 2 N–H and O–H groups in total. The number of hydrogen-bond acceptors (Lipinski definition) is 3. The van der Waals surface area contributed by atoms with Crippen molar-refractivity contribution in [2.45, 2.75) is 25.3 Å². The first kappa shape index (κ1) is 11.5. The van der Waals surface area contributed by atoms with E-state index in [1.165, 1.54) is 12.8 Å². The fraction of sp³-hybridized carbons (Fsp3) is 0.900. The summed E-state index contributed by atoms with van der Waals surface area (Å²) in [6.45, 7) is 3.00. The Balaban J connectivity index is 2.05. The first-order valence-electron chi connectivity index (χ1n) is 5.34. The predicted molar refractivity (Wildman–Crippen MR) is 57.2 cm³/mol. The predicted octanol–water partition coefficient (Wildman–Crippen LogP) is -0.194. The lowest BCUT2D eigenvalue weighted by Crippen LogP contribution is -2.41. The zero-order valence-electron chi connectivity index (χ0n) is 9.18. The molecule has 0 aromatic carbocycles. The van der Waals surface area contributed by atoms with Crippen molar-refractivity contribution in [3.8, 4) is 0 Å². The molecule has 0 atom stereocenters. The van der Waals surface area contributed by atoms with Crippen LogP contribution in [0.4, 0.5) is 0 Å². The van der Waals surface area contributed by atoms with Crippen molar-refractivity contribution in [3.05, 3.63) is 0 Å². The maximum Gasteiger partial charge on any atom is 0.223 e. The topological polar surface area (TPSA) is 44.4 Å². The van der Waals surface area contributed by atoms with Crippen molar-refractivity contribution in [3.63, 3.8) is 0 Å². The number of nitrogens with one attached hydrogen (secondary N) is 2. The molecule has 1 aliphatic rings. The van der Waals surface area contributed by atoms with Gasteiger partial charge in [-0.05, 0) is 25.9 Å². The van der Waals surface area contributed by atoms with E-state index in [1.807, 2.05) is 0 Å². The molecule has 1 amide bonds. The molecule has 0 spiro atoms. The molecule has 0 aromatic rings. The van der Waals surface area contributed by atoms with Gasteiger partial charge in [0, 0.05) is 33.1 Å². The second-order valence-electron chi connectivity index (χ2n) is 4.02. The minimum absolute atomic E-state index is 0.200. The second kappa shape index (κ2) is 5.98.